The first-order valence-corrected chi connectivity index (χ1v) is 9.22. The van der Waals surface area contributed by atoms with Crippen LogP contribution in [0, 0.1) is 0 Å². The van der Waals surface area contributed by atoms with E-state index in [1.807, 2.05) is 6.92 Å². The van der Waals surface area contributed by atoms with Crippen LogP contribution in [-0.4, -0.2) is 46.8 Å². The van der Waals surface area contributed by atoms with Crippen LogP contribution >= 0.6 is 0 Å². The van der Waals surface area contributed by atoms with Gasteiger partial charge in [0.2, 0.25) is 10.0 Å². The lowest BCUT2D eigenvalue weighted by Crippen LogP contribution is -2.27. The van der Waals surface area contributed by atoms with Crippen molar-refractivity contribution in [2.45, 2.75) is 24.8 Å². The van der Waals surface area contributed by atoms with Gasteiger partial charge >= 0.3 is 5.97 Å². The molecular formula is C11H18N2O5S2. The number of aryl methyl sites for hydroxylation is 1. The molecular weight excluding hydrogens is 304 g/mol. The molecule has 0 fully saturated rings. The van der Waals surface area contributed by atoms with Gasteiger partial charge in [0.05, 0.1) is 0 Å². The Balaban J connectivity index is 2.97. The largest absolute Gasteiger partial charge is 0.477 e. The summed E-state index contributed by atoms with van der Waals surface area (Å²) in [7, 11) is -4.87. The summed E-state index contributed by atoms with van der Waals surface area (Å²) in [4.78, 5) is 11.0. The number of carboxylic acids is 1. The molecule has 0 saturated carbocycles. The third-order valence-corrected chi connectivity index (χ3v) is 4.75. The molecule has 9 heteroatoms. The Morgan fingerprint density at radius 1 is 1.50 bits per heavy atom. The second-order valence-corrected chi connectivity index (χ2v) is 7.56. The Hall–Kier alpha value is -1.19. The molecule has 0 bridgehead atoms. The number of nitrogens with zero attached hydrogens (tertiary/aromatic N) is 1. The summed E-state index contributed by atoms with van der Waals surface area (Å²) < 4.78 is 38.6. The van der Waals surface area contributed by atoms with Gasteiger partial charge in [0.25, 0.3) is 0 Å². The van der Waals surface area contributed by atoms with Crippen molar-refractivity contribution in [2.24, 2.45) is 0 Å². The average molecular weight is 322 g/mol. The fraction of sp³-hybridized carbons (Fsp3) is 0.545. The molecule has 0 aliphatic heterocycles. The topological polar surface area (TPSA) is 105 Å². The number of nitrogens with one attached hydrogen (secondary N) is 1. The van der Waals surface area contributed by atoms with E-state index in [-0.39, 0.29) is 22.9 Å². The van der Waals surface area contributed by atoms with Crippen molar-refractivity contribution < 1.29 is 22.5 Å². The zero-order valence-corrected chi connectivity index (χ0v) is 13.0. The Kier molecular flexibility index (Phi) is 5.90. The number of carbonyl (C=O) groups is 1. The number of hydrogen-bond donors (Lipinski definition) is 2. The number of sulfonamides is 1. The van der Waals surface area contributed by atoms with Crippen LogP contribution in [-0.2, 0) is 27.4 Å². The van der Waals surface area contributed by atoms with E-state index in [0.29, 0.717) is 13.0 Å². The molecule has 1 aromatic heterocycles. The minimum absolute atomic E-state index is 0.0484. The Morgan fingerprint density at radius 2 is 2.15 bits per heavy atom. The van der Waals surface area contributed by atoms with Gasteiger partial charge in [0.1, 0.15) is 10.6 Å². The average Bonchev–Trinajstić information content (AvgIpc) is 2.73. The highest BCUT2D eigenvalue weighted by Crippen LogP contribution is 2.15. The molecule has 20 heavy (non-hydrogen) atoms. The molecule has 0 amide bonds. The van der Waals surface area contributed by atoms with Crippen LogP contribution in [0.5, 0.6) is 0 Å². The lowest BCUT2D eigenvalue weighted by atomic mass is 10.4. The van der Waals surface area contributed by atoms with E-state index < -0.39 is 26.8 Å². The van der Waals surface area contributed by atoms with Gasteiger partial charge in [-0.25, -0.2) is 17.9 Å². The van der Waals surface area contributed by atoms with Gasteiger partial charge in [0, 0.05) is 42.1 Å². The van der Waals surface area contributed by atoms with Gasteiger partial charge < -0.3 is 9.67 Å². The van der Waals surface area contributed by atoms with Crippen LogP contribution in [0.15, 0.2) is 17.2 Å². The second kappa shape index (κ2) is 7.00. The molecule has 1 unspecified atom stereocenters. The first-order valence-electron chi connectivity index (χ1n) is 6.01. The van der Waals surface area contributed by atoms with E-state index in [9.17, 15) is 17.4 Å². The van der Waals surface area contributed by atoms with Crippen molar-refractivity contribution in [3.8, 4) is 0 Å². The third-order valence-electron chi connectivity index (χ3n) is 2.55. The molecule has 0 saturated heterocycles. The minimum Gasteiger partial charge on any atom is -0.477 e. The predicted octanol–water partition coefficient (Wildman–Crippen LogP) is 0.253. The first kappa shape index (κ1) is 16.9. The molecule has 2 N–H and O–H groups in total. The zero-order chi connectivity index (χ0) is 15.3. The predicted molar refractivity (Wildman–Crippen MR) is 75.8 cm³/mol. The van der Waals surface area contributed by atoms with Crippen molar-refractivity contribution in [1.29, 1.82) is 0 Å². The molecule has 0 aromatic carbocycles. The van der Waals surface area contributed by atoms with Crippen LogP contribution in [0.1, 0.15) is 23.8 Å². The quantitative estimate of drug-likeness (QED) is 0.714. The molecule has 1 aromatic rings. The monoisotopic (exact) mass is 322 g/mol. The highest BCUT2D eigenvalue weighted by Gasteiger charge is 2.20. The van der Waals surface area contributed by atoms with Gasteiger partial charge in [-0.1, -0.05) is 6.92 Å². The van der Waals surface area contributed by atoms with E-state index in [2.05, 4.69) is 4.72 Å². The number of hydrogen-bond acceptors (Lipinski definition) is 4. The fourth-order valence-electron chi connectivity index (χ4n) is 1.64. The Labute approximate surface area is 120 Å². The Bertz CT molecular complexity index is 606. The van der Waals surface area contributed by atoms with Gasteiger partial charge in [-0.15, -0.1) is 0 Å². The third kappa shape index (κ3) is 4.43. The molecule has 1 heterocycles. The highest BCUT2D eigenvalue weighted by atomic mass is 32.2. The fourth-order valence-corrected chi connectivity index (χ4v) is 3.23. The van der Waals surface area contributed by atoms with Crippen LogP contribution < -0.4 is 4.72 Å². The van der Waals surface area contributed by atoms with Crippen molar-refractivity contribution in [3.63, 3.8) is 0 Å². The standard InChI is InChI=1S/C11H18N2O5S2/c1-3-5-13-8-9(7-10(13)11(14)15)20(17,18)12-4-6-19(2)16/h7-8,12H,3-6H2,1-2H3,(H,14,15). The van der Waals surface area contributed by atoms with E-state index in [1.165, 1.54) is 17.0 Å². The summed E-state index contributed by atoms with van der Waals surface area (Å²) in [6, 6.07) is 1.13. The number of aromatic nitrogens is 1. The molecule has 0 radical (unpaired) electrons. The van der Waals surface area contributed by atoms with Crippen LogP contribution in [0.4, 0.5) is 0 Å². The van der Waals surface area contributed by atoms with Gasteiger partial charge in [-0.3, -0.25) is 4.21 Å². The van der Waals surface area contributed by atoms with Crippen molar-refractivity contribution in [3.05, 3.63) is 18.0 Å². The maximum Gasteiger partial charge on any atom is 0.352 e. The lowest BCUT2D eigenvalue weighted by molar-refractivity contribution is 0.0685. The van der Waals surface area contributed by atoms with Gasteiger partial charge in [0.15, 0.2) is 0 Å². The lowest BCUT2D eigenvalue weighted by Gasteiger charge is -2.04. The molecule has 114 valence electrons. The van der Waals surface area contributed by atoms with E-state index in [1.54, 1.807) is 0 Å². The van der Waals surface area contributed by atoms with E-state index in [4.69, 9.17) is 5.11 Å². The van der Waals surface area contributed by atoms with Crippen LogP contribution in [0.25, 0.3) is 0 Å². The summed E-state index contributed by atoms with van der Waals surface area (Å²) >= 11 is 0. The number of rotatable bonds is 8. The first-order chi connectivity index (χ1) is 9.27. The minimum atomic E-state index is -3.78. The maximum atomic E-state index is 12.0. The van der Waals surface area contributed by atoms with Crippen LogP contribution in [0.3, 0.4) is 0 Å². The van der Waals surface area contributed by atoms with Crippen molar-refractivity contribution >= 4 is 26.8 Å². The summed E-state index contributed by atoms with van der Waals surface area (Å²) in [5.74, 6) is -0.963. The summed E-state index contributed by atoms with van der Waals surface area (Å²) in [6.07, 6.45) is 3.48. The van der Waals surface area contributed by atoms with Crippen molar-refractivity contribution in [1.82, 2.24) is 9.29 Å². The molecule has 0 aliphatic carbocycles. The highest BCUT2D eigenvalue weighted by molar-refractivity contribution is 7.89. The second-order valence-electron chi connectivity index (χ2n) is 4.23. The summed E-state index contributed by atoms with van der Waals surface area (Å²) in [5, 5.41) is 9.04. The zero-order valence-electron chi connectivity index (χ0n) is 11.3. The van der Waals surface area contributed by atoms with Crippen molar-refractivity contribution in [2.75, 3.05) is 18.6 Å². The number of carboxylic acid groups (broad SMARTS) is 1. The molecule has 0 aliphatic rings. The van der Waals surface area contributed by atoms with E-state index >= 15 is 0 Å². The van der Waals surface area contributed by atoms with Crippen LogP contribution in [0.2, 0.25) is 0 Å². The summed E-state index contributed by atoms with van der Waals surface area (Å²) in [6.45, 7) is 2.34. The molecule has 0 spiro atoms. The summed E-state index contributed by atoms with van der Waals surface area (Å²) in [5.41, 5.74) is -0.0636. The van der Waals surface area contributed by atoms with E-state index in [0.717, 1.165) is 6.07 Å². The van der Waals surface area contributed by atoms with Gasteiger partial charge in [-0.2, -0.15) is 0 Å². The normalized spacial score (nSPS) is 13.3. The van der Waals surface area contributed by atoms with Gasteiger partial charge in [-0.05, 0) is 12.5 Å². The molecule has 1 atom stereocenters. The molecule has 1 rings (SSSR count). The SMILES string of the molecule is CCCn1cc(S(=O)(=O)NCCS(C)=O)cc1C(=O)O. The number of aromatic carboxylic acids is 1. The smallest absolute Gasteiger partial charge is 0.352 e. The maximum absolute atomic E-state index is 12.0. The molecule has 7 nitrogen and oxygen atoms in total. The Morgan fingerprint density at radius 3 is 2.65 bits per heavy atom.